The molecule has 0 amide bonds. The average molecular weight is 478 g/mol. The summed E-state index contributed by atoms with van der Waals surface area (Å²) in [5.41, 5.74) is -0.929. The summed E-state index contributed by atoms with van der Waals surface area (Å²) in [6.07, 6.45) is -8.00. The molecular weight excluding hydrogens is 456 g/mol. The normalized spacial score (nSPS) is 23.2. The third-order valence-corrected chi connectivity index (χ3v) is 5.42. The van der Waals surface area contributed by atoms with E-state index in [9.17, 15) is 35.4 Å². The van der Waals surface area contributed by atoms with Gasteiger partial charge in [0.2, 0.25) is 17.5 Å². The molecule has 1 aromatic heterocycles. The lowest BCUT2D eigenvalue weighted by molar-refractivity contribution is -0.137. The molecule has 0 spiro atoms. The Kier molecular flexibility index (Phi) is 6.25. The minimum Gasteiger partial charge on any atom is -0.508 e. The van der Waals surface area contributed by atoms with Crippen molar-refractivity contribution in [2.24, 2.45) is 0 Å². The van der Waals surface area contributed by atoms with Crippen LogP contribution < -0.4 is 14.9 Å². The van der Waals surface area contributed by atoms with Crippen LogP contribution in [-0.4, -0.2) is 80.2 Å². The maximum absolute atomic E-state index is 13.3. The summed E-state index contributed by atoms with van der Waals surface area (Å²) >= 11 is 0. The van der Waals surface area contributed by atoms with Crippen LogP contribution in [0.5, 0.6) is 28.7 Å². The van der Waals surface area contributed by atoms with Gasteiger partial charge in [-0.15, -0.1) is 0 Å². The summed E-state index contributed by atoms with van der Waals surface area (Å²) in [4.78, 5) is 13.3. The number of aliphatic hydroxyl groups excluding tert-OH is 4. The highest BCUT2D eigenvalue weighted by Crippen LogP contribution is 2.39. The van der Waals surface area contributed by atoms with Gasteiger partial charge < -0.3 is 54.4 Å². The molecule has 3 aromatic rings. The second-order valence-corrected chi connectivity index (χ2v) is 7.63. The van der Waals surface area contributed by atoms with Crippen LogP contribution in [0.25, 0.3) is 22.3 Å². The van der Waals surface area contributed by atoms with Gasteiger partial charge in [-0.3, -0.25) is 4.79 Å². The minimum absolute atomic E-state index is 0.0312. The van der Waals surface area contributed by atoms with Gasteiger partial charge in [-0.2, -0.15) is 0 Å². The summed E-state index contributed by atoms with van der Waals surface area (Å²) in [7, 11) is 1.31. The number of ether oxygens (including phenoxy) is 3. The standard InChI is InChI=1S/C22H22O12/c1-31-13-4-8(2-3-10(13)25)19-21(16(28)15-11(26)5-9(24)6-14(15)32-19)34-22-18(30)17(29)20(33-22)12(27)7-23/h2-6,12,17-18,20,22-27,29-30H,7H2,1H3/t12-,17-,18-,20-,22+/m1/s1. The highest BCUT2D eigenvalue weighted by molar-refractivity contribution is 5.88. The number of hydrogen-bond acceptors (Lipinski definition) is 12. The number of phenols is 3. The van der Waals surface area contributed by atoms with Gasteiger partial charge in [0.05, 0.1) is 13.7 Å². The van der Waals surface area contributed by atoms with Crippen molar-refractivity contribution in [1.29, 1.82) is 0 Å². The Morgan fingerprint density at radius 1 is 1.06 bits per heavy atom. The molecule has 0 aliphatic carbocycles. The van der Waals surface area contributed by atoms with Crippen molar-refractivity contribution in [3.05, 3.63) is 40.6 Å². The lowest BCUT2D eigenvalue weighted by atomic mass is 10.1. The zero-order valence-electron chi connectivity index (χ0n) is 17.7. The summed E-state index contributed by atoms with van der Waals surface area (Å²) in [5, 5.41) is 69.1. The molecular formula is C22H22O12. The van der Waals surface area contributed by atoms with E-state index in [2.05, 4.69) is 0 Å². The SMILES string of the molecule is COc1cc(-c2oc3cc(O)cc(O)c3c(=O)c2O[C@@H]2O[C@H]([C@H](O)CO)[C@H](O)[C@H]2O)ccc1O. The van der Waals surface area contributed by atoms with Crippen molar-refractivity contribution in [3.63, 3.8) is 0 Å². The first kappa shape index (κ1) is 23.6. The summed E-state index contributed by atoms with van der Waals surface area (Å²) < 4.78 is 21.8. The molecule has 2 heterocycles. The van der Waals surface area contributed by atoms with Gasteiger partial charge in [-0.1, -0.05) is 0 Å². The number of hydrogen-bond donors (Lipinski definition) is 7. The van der Waals surface area contributed by atoms with Crippen molar-refractivity contribution >= 4 is 11.0 Å². The van der Waals surface area contributed by atoms with Gasteiger partial charge in [0, 0.05) is 17.7 Å². The summed E-state index contributed by atoms with van der Waals surface area (Å²) in [5.74, 6) is -1.94. The van der Waals surface area contributed by atoms with Gasteiger partial charge >= 0.3 is 0 Å². The molecule has 5 atom stereocenters. The van der Waals surface area contributed by atoms with Crippen LogP contribution in [0.4, 0.5) is 0 Å². The maximum atomic E-state index is 13.3. The molecule has 0 saturated carbocycles. The van der Waals surface area contributed by atoms with Crippen LogP contribution in [0.1, 0.15) is 0 Å². The topological polar surface area (TPSA) is 200 Å². The van der Waals surface area contributed by atoms with Gasteiger partial charge in [0.15, 0.2) is 17.3 Å². The molecule has 4 rings (SSSR count). The van der Waals surface area contributed by atoms with Gasteiger partial charge in [0.25, 0.3) is 0 Å². The first-order chi connectivity index (χ1) is 16.2. The summed E-state index contributed by atoms with van der Waals surface area (Å²) in [6, 6.07) is 5.98. The number of aliphatic hydroxyl groups is 4. The Morgan fingerprint density at radius 3 is 2.47 bits per heavy atom. The number of phenolic OH excluding ortho intramolecular Hbond substituents is 3. The van der Waals surface area contributed by atoms with E-state index in [4.69, 9.17) is 23.7 Å². The van der Waals surface area contributed by atoms with Gasteiger partial charge in [-0.25, -0.2) is 0 Å². The second kappa shape index (κ2) is 9.00. The molecule has 0 radical (unpaired) electrons. The highest BCUT2D eigenvalue weighted by Gasteiger charge is 2.48. The average Bonchev–Trinajstić information content (AvgIpc) is 3.08. The molecule has 1 aliphatic rings. The van der Waals surface area contributed by atoms with Gasteiger partial charge in [-0.05, 0) is 18.2 Å². The molecule has 12 heteroatoms. The van der Waals surface area contributed by atoms with Crippen LogP contribution in [0.3, 0.4) is 0 Å². The smallest absolute Gasteiger partial charge is 0.239 e. The number of rotatable bonds is 6. The molecule has 1 fully saturated rings. The predicted octanol–water partition coefficient (Wildman–Crippen LogP) is -0.236. The monoisotopic (exact) mass is 478 g/mol. The van der Waals surface area contributed by atoms with E-state index in [1.807, 2.05) is 0 Å². The van der Waals surface area contributed by atoms with Crippen LogP contribution in [-0.2, 0) is 4.74 Å². The quantitative estimate of drug-likeness (QED) is 0.246. The zero-order chi connectivity index (χ0) is 24.7. The second-order valence-electron chi connectivity index (χ2n) is 7.63. The zero-order valence-corrected chi connectivity index (χ0v) is 17.7. The van der Waals surface area contributed by atoms with Crippen molar-refractivity contribution in [2.75, 3.05) is 13.7 Å². The largest absolute Gasteiger partial charge is 0.508 e. The van der Waals surface area contributed by atoms with Crippen LogP contribution >= 0.6 is 0 Å². The van der Waals surface area contributed by atoms with E-state index in [1.165, 1.54) is 25.3 Å². The number of benzene rings is 2. The molecule has 2 aromatic carbocycles. The van der Waals surface area contributed by atoms with Crippen molar-refractivity contribution in [2.45, 2.75) is 30.7 Å². The van der Waals surface area contributed by atoms with Crippen molar-refractivity contribution in [3.8, 4) is 40.1 Å². The Bertz CT molecular complexity index is 1270. The third-order valence-electron chi connectivity index (χ3n) is 5.42. The van der Waals surface area contributed by atoms with E-state index in [0.29, 0.717) is 0 Å². The minimum atomic E-state index is -1.73. The van der Waals surface area contributed by atoms with E-state index >= 15 is 0 Å². The van der Waals surface area contributed by atoms with Crippen molar-refractivity contribution in [1.82, 2.24) is 0 Å². The fraction of sp³-hybridized carbons (Fsp3) is 0.318. The van der Waals surface area contributed by atoms with Crippen LogP contribution in [0.15, 0.2) is 39.5 Å². The third kappa shape index (κ3) is 3.97. The number of methoxy groups -OCH3 is 1. The molecule has 7 N–H and O–H groups in total. The molecule has 0 bridgehead atoms. The number of aromatic hydroxyl groups is 3. The van der Waals surface area contributed by atoms with E-state index in [-0.39, 0.29) is 39.5 Å². The maximum Gasteiger partial charge on any atom is 0.239 e. The fourth-order valence-electron chi connectivity index (χ4n) is 3.69. The number of fused-ring (bicyclic) bond motifs is 1. The van der Waals surface area contributed by atoms with Gasteiger partial charge in [0.1, 0.15) is 46.9 Å². The molecule has 34 heavy (non-hydrogen) atoms. The van der Waals surface area contributed by atoms with E-state index in [0.717, 1.165) is 12.1 Å². The Hall–Kier alpha value is -3.55. The molecule has 1 aliphatic heterocycles. The first-order valence-corrected chi connectivity index (χ1v) is 10.0. The van der Waals surface area contributed by atoms with E-state index in [1.54, 1.807) is 0 Å². The predicted molar refractivity (Wildman–Crippen MR) is 114 cm³/mol. The Labute approximate surface area is 191 Å². The molecule has 12 nitrogen and oxygen atoms in total. The lowest BCUT2D eigenvalue weighted by Gasteiger charge is -2.20. The highest BCUT2D eigenvalue weighted by atomic mass is 16.7. The fourth-order valence-corrected chi connectivity index (χ4v) is 3.69. The molecule has 0 unspecified atom stereocenters. The first-order valence-electron chi connectivity index (χ1n) is 10.0. The van der Waals surface area contributed by atoms with Crippen molar-refractivity contribution < 1.29 is 54.4 Å². The van der Waals surface area contributed by atoms with Crippen LogP contribution in [0, 0.1) is 0 Å². The van der Waals surface area contributed by atoms with Crippen LogP contribution in [0.2, 0.25) is 0 Å². The molecule has 1 saturated heterocycles. The Balaban J connectivity index is 1.89. The lowest BCUT2D eigenvalue weighted by Crippen LogP contribution is -2.40. The van der Waals surface area contributed by atoms with E-state index < -0.39 is 54.2 Å². The molecule has 182 valence electrons. The Morgan fingerprint density at radius 2 is 1.79 bits per heavy atom. The summed E-state index contributed by atoms with van der Waals surface area (Å²) in [6.45, 7) is -0.769.